The lowest BCUT2D eigenvalue weighted by molar-refractivity contribution is -0.118. The van der Waals surface area contributed by atoms with Crippen molar-refractivity contribution in [2.75, 3.05) is 11.9 Å². The van der Waals surface area contributed by atoms with Crippen LogP contribution in [0.1, 0.15) is 34.6 Å². The fourth-order valence-electron chi connectivity index (χ4n) is 2.01. The van der Waals surface area contributed by atoms with E-state index in [0.717, 1.165) is 0 Å². The quantitative estimate of drug-likeness (QED) is 0.573. The van der Waals surface area contributed by atoms with Gasteiger partial charge < -0.3 is 10.1 Å². The number of para-hydroxylation sites is 1. The molecule has 0 bridgehead atoms. The Morgan fingerprint density at radius 3 is 2.38 bits per heavy atom. The molecule has 2 rings (SSSR count). The van der Waals surface area contributed by atoms with Gasteiger partial charge in [0.2, 0.25) is 5.91 Å². The maximum atomic E-state index is 12.3. The third kappa shape index (κ3) is 5.07. The van der Waals surface area contributed by atoms with Crippen LogP contribution < -0.4 is 5.32 Å². The second-order valence-electron chi connectivity index (χ2n) is 5.82. The van der Waals surface area contributed by atoms with E-state index in [9.17, 15) is 14.4 Å². The molecule has 0 radical (unpaired) electrons. The molecule has 136 valence electrons. The minimum Gasteiger partial charge on any atom is -0.454 e. The van der Waals surface area contributed by atoms with E-state index in [2.05, 4.69) is 5.32 Å². The largest absolute Gasteiger partial charge is 0.454 e. The van der Waals surface area contributed by atoms with Crippen molar-refractivity contribution in [3.05, 3.63) is 63.6 Å². The first-order valence-electron chi connectivity index (χ1n) is 7.85. The molecule has 1 N–H and O–H groups in total. The SMILES string of the molecule is CC(C)C(=O)Nc1ccccc1C(=O)OCC(=O)c1ccc(Cl)c(Cl)c1. The van der Waals surface area contributed by atoms with Crippen molar-refractivity contribution in [3.63, 3.8) is 0 Å². The van der Waals surface area contributed by atoms with Crippen LogP contribution in [0.5, 0.6) is 0 Å². The maximum Gasteiger partial charge on any atom is 0.340 e. The highest BCUT2D eigenvalue weighted by molar-refractivity contribution is 6.42. The zero-order valence-corrected chi connectivity index (χ0v) is 15.7. The highest BCUT2D eigenvalue weighted by Gasteiger charge is 2.17. The Morgan fingerprint density at radius 2 is 1.73 bits per heavy atom. The van der Waals surface area contributed by atoms with Crippen molar-refractivity contribution in [1.82, 2.24) is 0 Å². The molecule has 0 fully saturated rings. The molecular formula is C19H17Cl2NO4. The van der Waals surface area contributed by atoms with Gasteiger partial charge in [0.1, 0.15) is 0 Å². The van der Waals surface area contributed by atoms with Crippen molar-refractivity contribution in [2.24, 2.45) is 5.92 Å². The molecule has 1 amide bonds. The molecule has 2 aromatic carbocycles. The van der Waals surface area contributed by atoms with E-state index >= 15 is 0 Å². The molecule has 0 aromatic heterocycles. The minimum atomic E-state index is -0.710. The monoisotopic (exact) mass is 393 g/mol. The van der Waals surface area contributed by atoms with Crippen LogP contribution in [0, 0.1) is 5.92 Å². The number of nitrogens with one attached hydrogen (secondary N) is 1. The predicted molar refractivity (Wildman–Crippen MR) is 101 cm³/mol. The zero-order chi connectivity index (χ0) is 19.3. The van der Waals surface area contributed by atoms with Crippen LogP contribution in [0.25, 0.3) is 0 Å². The lowest BCUT2D eigenvalue weighted by Gasteiger charge is -2.12. The van der Waals surface area contributed by atoms with Gasteiger partial charge in [-0.3, -0.25) is 9.59 Å². The molecule has 0 saturated carbocycles. The first-order valence-corrected chi connectivity index (χ1v) is 8.60. The molecule has 0 aliphatic carbocycles. The highest BCUT2D eigenvalue weighted by Crippen LogP contribution is 2.23. The third-order valence-corrected chi connectivity index (χ3v) is 4.24. The summed E-state index contributed by atoms with van der Waals surface area (Å²) in [5.74, 6) is -1.59. The molecule has 0 aliphatic heterocycles. The van der Waals surface area contributed by atoms with Gasteiger partial charge in [-0.2, -0.15) is 0 Å². The molecule has 0 atom stereocenters. The Kier molecular flexibility index (Phi) is 6.77. The minimum absolute atomic E-state index is 0.170. The average Bonchev–Trinajstić information content (AvgIpc) is 2.62. The summed E-state index contributed by atoms with van der Waals surface area (Å²) in [5, 5.41) is 3.24. The molecule has 0 saturated heterocycles. The number of halogens is 2. The molecule has 0 spiro atoms. The number of anilines is 1. The van der Waals surface area contributed by atoms with Gasteiger partial charge in [0.05, 0.1) is 21.3 Å². The summed E-state index contributed by atoms with van der Waals surface area (Å²) >= 11 is 11.7. The van der Waals surface area contributed by atoms with Crippen LogP contribution in [-0.4, -0.2) is 24.3 Å². The Hall–Kier alpha value is -2.37. The van der Waals surface area contributed by atoms with Gasteiger partial charge in [0, 0.05) is 11.5 Å². The Bertz CT molecular complexity index is 849. The standard InChI is InChI=1S/C19H17Cl2NO4/c1-11(2)18(24)22-16-6-4-3-5-13(16)19(25)26-10-17(23)12-7-8-14(20)15(21)9-12/h3-9,11H,10H2,1-2H3,(H,22,24). The number of ether oxygens (including phenoxy) is 1. The normalized spacial score (nSPS) is 10.5. The van der Waals surface area contributed by atoms with Crippen LogP contribution in [0.15, 0.2) is 42.5 Å². The fourth-order valence-corrected chi connectivity index (χ4v) is 2.31. The first-order chi connectivity index (χ1) is 12.3. The summed E-state index contributed by atoms with van der Waals surface area (Å²) in [7, 11) is 0. The summed E-state index contributed by atoms with van der Waals surface area (Å²) in [5.41, 5.74) is 0.787. The van der Waals surface area contributed by atoms with Crippen LogP contribution >= 0.6 is 23.2 Å². The fraction of sp³-hybridized carbons (Fsp3) is 0.211. The summed E-state index contributed by atoms with van der Waals surface area (Å²) < 4.78 is 5.08. The smallest absolute Gasteiger partial charge is 0.340 e. The van der Waals surface area contributed by atoms with Crippen molar-refractivity contribution >= 4 is 46.5 Å². The number of carbonyl (C=O) groups is 3. The Labute approximate surface area is 161 Å². The summed E-state index contributed by atoms with van der Waals surface area (Å²) in [6, 6.07) is 10.9. The number of ketones is 1. The van der Waals surface area contributed by atoms with E-state index in [1.165, 1.54) is 24.3 Å². The van der Waals surface area contributed by atoms with Crippen molar-refractivity contribution in [3.8, 4) is 0 Å². The Morgan fingerprint density at radius 1 is 1.04 bits per heavy atom. The van der Waals surface area contributed by atoms with E-state index in [4.69, 9.17) is 27.9 Å². The topological polar surface area (TPSA) is 72.5 Å². The number of Topliss-reactive ketones (excluding diaryl/α,β-unsaturated/α-hetero) is 1. The first kappa shape index (κ1) is 19.9. The van der Waals surface area contributed by atoms with Crippen molar-refractivity contribution in [2.45, 2.75) is 13.8 Å². The van der Waals surface area contributed by atoms with Crippen LogP contribution in [0.4, 0.5) is 5.69 Å². The number of rotatable bonds is 6. The number of carbonyl (C=O) groups excluding carboxylic acids is 3. The van der Waals surface area contributed by atoms with E-state index in [1.807, 2.05) is 0 Å². The molecular weight excluding hydrogens is 377 g/mol. The van der Waals surface area contributed by atoms with Gasteiger partial charge in [0.15, 0.2) is 12.4 Å². The molecule has 0 heterocycles. The lowest BCUT2D eigenvalue weighted by Crippen LogP contribution is -2.21. The van der Waals surface area contributed by atoms with E-state index in [0.29, 0.717) is 10.7 Å². The van der Waals surface area contributed by atoms with Gasteiger partial charge in [-0.15, -0.1) is 0 Å². The summed E-state index contributed by atoms with van der Waals surface area (Å²) in [6.07, 6.45) is 0. The second-order valence-corrected chi connectivity index (χ2v) is 6.63. The molecule has 0 aliphatic rings. The second kappa shape index (κ2) is 8.83. The van der Waals surface area contributed by atoms with Crippen molar-refractivity contribution in [1.29, 1.82) is 0 Å². The van der Waals surface area contributed by atoms with Gasteiger partial charge >= 0.3 is 5.97 Å². The zero-order valence-electron chi connectivity index (χ0n) is 14.2. The van der Waals surface area contributed by atoms with E-state index < -0.39 is 18.4 Å². The predicted octanol–water partition coefficient (Wildman–Crippen LogP) is 4.63. The van der Waals surface area contributed by atoms with Crippen LogP contribution in [-0.2, 0) is 9.53 Å². The number of amides is 1. The molecule has 0 unspecified atom stereocenters. The highest BCUT2D eigenvalue weighted by atomic mass is 35.5. The summed E-state index contributed by atoms with van der Waals surface area (Å²) in [6.45, 7) is 3.03. The number of hydrogen-bond donors (Lipinski definition) is 1. The van der Waals surface area contributed by atoms with Crippen molar-refractivity contribution < 1.29 is 19.1 Å². The van der Waals surface area contributed by atoms with E-state index in [-0.39, 0.29) is 28.0 Å². The Balaban J connectivity index is 2.07. The van der Waals surface area contributed by atoms with Gasteiger partial charge in [-0.05, 0) is 30.3 Å². The van der Waals surface area contributed by atoms with E-state index in [1.54, 1.807) is 32.0 Å². The number of esters is 1. The van der Waals surface area contributed by atoms with Gasteiger partial charge in [0.25, 0.3) is 0 Å². The molecule has 5 nitrogen and oxygen atoms in total. The number of hydrogen-bond acceptors (Lipinski definition) is 4. The van der Waals surface area contributed by atoms with Gasteiger partial charge in [-0.1, -0.05) is 49.2 Å². The van der Waals surface area contributed by atoms with Crippen LogP contribution in [0.3, 0.4) is 0 Å². The van der Waals surface area contributed by atoms with Gasteiger partial charge in [-0.25, -0.2) is 4.79 Å². The lowest BCUT2D eigenvalue weighted by atomic mass is 10.1. The molecule has 26 heavy (non-hydrogen) atoms. The van der Waals surface area contributed by atoms with Crippen LogP contribution in [0.2, 0.25) is 10.0 Å². The molecule has 2 aromatic rings. The average molecular weight is 394 g/mol. The summed E-state index contributed by atoms with van der Waals surface area (Å²) in [4.78, 5) is 36.3. The molecule has 7 heteroatoms. The third-order valence-electron chi connectivity index (χ3n) is 3.51. The number of benzene rings is 2. The maximum absolute atomic E-state index is 12.3.